The summed E-state index contributed by atoms with van der Waals surface area (Å²) in [7, 11) is 3.44. The Hall–Kier alpha value is -2.89. The summed E-state index contributed by atoms with van der Waals surface area (Å²) in [5, 5.41) is 3.66. The lowest BCUT2D eigenvalue weighted by Crippen LogP contribution is -2.20. The lowest BCUT2D eigenvalue weighted by atomic mass is 10.1. The Bertz CT molecular complexity index is 885. The van der Waals surface area contributed by atoms with Gasteiger partial charge in [0.05, 0.1) is 0 Å². The molecule has 2 aromatic heterocycles. The molecule has 0 unspecified atom stereocenters. The standard InChI is InChI=1S/C15H15N5O/c1-17-15-18-8-10-7-12(9-4-3-5-11(16)6-9)14(21)20(2)13(10)19-15/h3-8H,16H2,1-2H3,(H,17,18,19). The van der Waals surface area contributed by atoms with Crippen molar-refractivity contribution in [3.63, 3.8) is 0 Å². The molecule has 0 atom stereocenters. The first-order valence-electron chi connectivity index (χ1n) is 6.50. The van der Waals surface area contributed by atoms with E-state index < -0.39 is 0 Å². The van der Waals surface area contributed by atoms with Crippen LogP contribution in [0.3, 0.4) is 0 Å². The van der Waals surface area contributed by atoms with Crippen molar-refractivity contribution in [1.82, 2.24) is 14.5 Å². The minimum atomic E-state index is -0.117. The van der Waals surface area contributed by atoms with Gasteiger partial charge in [-0.1, -0.05) is 12.1 Å². The highest BCUT2D eigenvalue weighted by molar-refractivity contribution is 5.82. The molecule has 3 aromatic rings. The first-order chi connectivity index (χ1) is 10.1. The summed E-state index contributed by atoms with van der Waals surface area (Å²) in [4.78, 5) is 21.0. The third kappa shape index (κ3) is 2.20. The van der Waals surface area contributed by atoms with Crippen LogP contribution in [0.5, 0.6) is 0 Å². The van der Waals surface area contributed by atoms with Crippen molar-refractivity contribution in [3.05, 3.63) is 46.9 Å². The summed E-state index contributed by atoms with van der Waals surface area (Å²) in [6, 6.07) is 9.06. The quantitative estimate of drug-likeness (QED) is 0.697. The highest BCUT2D eigenvalue weighted by atomic mass is 16.1. The Morgan fingerprint density at radius 2 is 2.10 bits per heavy atom. The Morgan fingerprint density at radius 3 is 2.81 bits per heavy atom. The van der Waals surface area contributed by atoms with Gasteiger partial charge in [-0.25, -0.2) is 4.98 Å². The average molecular weight is 281 g/mol. The fourth-order valence-electron chi connectivity index (χ4n) is 2.28. The summed E-state index contributed by atoms with van der Waals surface area (Å²) < 4.78 is 1.52. The molecule has 6 nitrogen and oxygen atoms in total. The van der Waals surface area contributed by atoms with Crippen molar-refractivity contribution in [2.75, 3.05) is 18.1 Å². The molecule has 0 fully saturated rings. The molecule has 0 bridgehead atoms. The number of fused-ring (bicyclic) bond motifs is 1. The van der Waals surface area contributed by atoms with Crippen LogP contribution >= 0.6 is 0 Å². The Kier molecular flexibility index (Phi) is 3.06. The van der Waals surface area contributed by atoms with Crippen LogP contribution in [0, 0.1) is 0 Å². The molecule has 3 rings (SSSR count). The molecule has 21 heavy (non-hydrogen) atoms. The number of nitrogens with one attached hydrogen (secondary N) is 1. The maximum absolute atomic E-state index is 12.5. The summed E-state index contributed by atoms with van der Waals surface area (Å²) in [5.41, 5.74) is 8.26. The van der Waals surface area contributed by atoms with E-state index in [4.69, 9.17) is 5.73 Å². The predicted molar refractivity (Wildman–Crippen MR) is 84.2 cm³/mol. The van der Waals surface area contributed by atoms with Crippen LogP contribution in [-0.4, -0.2) is 21.6 Å². The van der Waals surface area contributed by atoms with E-state index in [1.165, 1.54) is 4.57 Å². The molecular weight excluding hydrogens is 266 g/mol. The molecule has 0 saturated carbocycles. The number of aromatic nitrogens is 3. The number of nitrogens with two attached hydrogens (primary N) is 1. The lowest BCUT2D eigenvalue weighted by Gasteiger charge is -2.09. The molecule has 3 N–H and O–H groups in total. The van der Waals surface area contributed by atoms with Crippen molar-refractivity contribution in [3.8, 4) is 11.1 Å². The number of anilines is 2. The van der Waals surface area contributed by atoms with E-state index in [-0.39, 0.29) is 5.56 Å². The largest absolute Gasteiger partial charge is 0.399 e. The molecule has 0 spiro atoms. The van der Waals surface area contributed by atoms with Gasteiger partial charge in [0.15, 0.2) is 0 Å². The van der Waals surface area contributed by atoms with Crippen LogP contribution in [0.15, 0.2) is 41.3 Å². The molecule has 0 amide bonds. The fraction of sp³-hybridized carbons (Fsp3) is 0.133. The van der Waals surface area contributed by atoms with Crippen LogP contribution in [0.4, 0.5) is 11.6 Å². The molecule has 2 heterocycles. The van der Waals surface area contributed by atoms with E-state index in [9.17, 15) is 4.79 Å². The van der Waals surface area contributed by atoms with Crippen LogP contribution in [0.1, 0.15) is 0 Å². The van der Waals surface area contributed by atoms with Crippen LogP contribution in [0.25, 0.3) is 22.2 Å². The van der Waals surface area contributed by atoms with E-state index >= 15 is 0 Å². The molecule has 0 aliphatic rings. The van der Waals surface area contributed by atoms with Gasteiger partial charge in [-0.05, 0) is 23.8 Å². The van der Waals surface area contributed by atoms with Gasteiger partial charge in [-0.2, -0.15) is 4.98 Å². The lowest BCUT2D eigenvalue weighted by molar-refractivity contribution is 0.886. The number of benzene rings is 1. The molecule has 0 radical (unpaired) electrons. The van der Waals surface area contributed by atoms with E-state index in [1.54, 1.807) is 38.5 Å². The monoisotopic (exact) mass is 281 g/mol. The first kappa shape index (κ1) is 13.1. The normalized spacial score (nSPS) is 10.8. The summed E-state index contributed by atoms with van der Waals surface area (Å²) in [6.07, 6.45) is 1.70. The number of rotatable bonds is 2. The van der Waals surface area contributed by atoms with E-state index in [0.717, 1.165) is 10.9 Å². The number of hydrogen-bond donors (Lipinski definition) is 2. The minimum absolute atomic E-state index is 0.117. The van der Waals surface area contributed by atoms with Crippen molar-refractivity contribution >= 4 is 22.7 Å². The van der Waals surface area contributed by atoms with Gasteiger partial charge in [0.25, 0.3) is 5.56 Å². The topological polar surface area (TPSA) is 85.8 Å². The summed E-state index contributed by atoms with van der Waals surface area (Å²) in [5.74, 6) is 0.481. The van der Waals surface area contributed by atoms with Crippen LogP contribution in [0.2, 0.25) is 0 Å². The summed E-state index contributed by atoms with van der Waals surface area (Å²) in [6.45, 7) is 0. The van der Waals surface area contributed by atoms with E-state index in [2.05, 4.69) is 15.3 Å². The molecule has 0 saturated heterocycles. The Balaban J connectivity index is 2.31. The SMILES string of the molecule is CNc1ncc2cc(-c3cccc(N)c3)c(=O)n(C)c2n1. The molecule has 106 valence electrons. The zero-order chi connectivity index (χ0) is 15.0. The van der Waals surface area contributed by atoms with Crippen LogP contribution < -0.4 is 16.6 Å². The average Bonchev–Trinajstić information content (AvgIpc) is 2.50. The maximum atomic E-state index is 12.5. The smallest absolute Gasteiger partial charge is 0.259 e. The van der Waals surface area contributed by atoms with Crippen molar-refractivity contribution in [2.24, 2.45) is 7.05 Å². The first-order valence-corrected chi connectivity index (χ1v) is 6.50. The fourth-order valence-corrected chi connectivity index (χ4v) is 2.28. The number of nitrogen functional groups attached to an aromatic ring is 1. The third-order valence-electron chi connectivity index (χ3n) is 3.37. The van der Waals surface area contributed by atoms with Gasteiger partial charge in [0.1, 0.15) is 5.65 Å². The molecule has 0 aliphatic carbocycles. The number of hydrogen-bond acceptors (Lipinski definition) is 5. The number of nitrogens with zero attached hydrogens (tertiary/aromatic N) is 3. The predicted octanol–water partition coefficient (Wildman–Crippen LogP) is 1.62. The van der Waals surface area contributed by atoms with Gasteiger partial charge < -0.3 is 11.1 Å². The van der Waals surface area contributed by atoms with Gasteiger partial charge >= 0.3 is 0 Å². The molecular formula is C15H15N5O. The maximum Gasteiger partial charge on any atom is 0.259 e. The van der Waals surface area contributed by atoms with Gasteiger partial charge in [-0.3, -0.25) is 9.36 Å². The van der Waals surface area contributed by atoms with Gasteiger partial charge in [-0.15, -0.1) is 0 Å². The zero-order valence-corrected chi connectivity index (χ0v) is 11.8. The Morgan fingerprint density at radius 1 is 1.29 bits per heavy atom. The highest BCUT2D eigenvalue weighted by Gasteiger charge is 2.11. The minimum Gasteiger partial charge on any atom is -0.399 e. The second-order valence-corrected chi connectivity index (χ2v) is 4.77. The molecule has 0 aliphatic heterocycles. The second kappa shape index (κ2) is 4.90. The van der Waals surface area contributed by atoms with Crippen molar-refractivity contribution < 1.29 is 0 Å². The highest BCUT2D eigenvalue weighted by Crippen LogP contribution is 2.21. The van der Waals surface area contributed by atoms with Crippen molar-refractivity contribution in [2.45, 2.75) is 0 Å². The van der Waals surface area contributed by atoms with Crippen LogP contribution in [-0.2, 0) is 7.05 Å². The van der Waals surface area contributed by atoms with E-state index in [0.29, 0.717) is 22.8 Å². The van der Waals surface area contributed by atoms with Crippen molar-refractivity contribution in [1.29, 1.82) is 0 Å². The third-order valence-corrected chi connectivity index (χ3v) is 3.37. The molecule has 1 aromatic carbocycles. The second-order valence-electron chi connectivity index (χ2n) is 4.77. The van der Waals surface area contributed by atoms with Gasteiger partial charge in [0, 0.05) is 36.9 Å². The van der Waals surface area contributed by atoms with E-state index in [1.807, 2.05) is 12.1 Å². The molecule has 6 heteroatoms. The number of pyridine rings is 1. The number of aryl methyl sites for hydroxylation is 1. The summed E-state index contributed by atoms with van der Waals surface area (Å²) >= 11 is 0. The Labute approximate surface area is 121 Å². The van der Waals surface area contributed by atoms with Gasteiger partial charge in [0.2, 0.25) is 5.95 Å². The zero-order valence-electron chi connectivity index (χ0n) is 11.8.